The Hall–Kier alpha value is -2.36. The van der Waals surface area contributed by atoms with E-state index in [1.54, 1.807) is 18.3 Å². The highest BCUT2D eigenvalue weighted by atomic mass is 16.5. The van der Waals surface area contributed by atoms with Crippen LogP contribution in [0, 0.1) is 13.8 Å². The molecule has 0 amide bonds. The zero-order chi connectivity index (χ0) is 15.5. The fraction of sp³-hybridized carbons (Fsp3) is 0.333. The summed E-state index contributed by atoms with van der Waals surface area (Å²) in [6.07, 6.45) is 4.01. The monoisotopic (exact) mass is 296 g/mol. The molecule has 0 bridgehead atoms. The Bertz CT molecular complexity index is 691. The lowest BCUT2D eigenvalue weighted by molar-refractivity contribution is 0.0734. The second-order valence-corrected chi connectivity index (χ2v) is 5.73. The number of aromatic nitrogens is 1. The Morgan fingerprint density at radius 2 is 1.95 bits per heavy atom. The van der Waals surface area contributed by atoms with E-state index < -0.39 is 0 Å². The van der Waals surface area contributed by atoms with Crippen LogP contribution in [0.4, 0.5) is 5.82 Å². The summed E-state index contributed by atoms with van der Waals surface area (Å²) >= 11 is 0. The van der Waals surface area contributed by atoms with E-state index in [1.807, 2.05) is 32.0 Å². The van der Waals surface area contributed by atoms with Gasteiger partial charge < -0.3 is 9.64 Å². The van der Waals surface area contributed by atoms with Gasteiger partial charge in [-0.2, -0.15) is 0 Å². The molecule has 0 saturated carbocycles. The molecule has 0 radical (unpaired) electrons. The molecule has 1 saturated heterocycles. The van der Waals surface area contributed by atoms with Gasteiger partial charge in [0.25, 0.3) is 0 Å². The predicted molar refractivity (Wildman–Crippen MR) is 86.6 cm³/mol. The highest BCUT2D eigenvalue weighted by Gasteiger charge is 2.22. The summed E-state index contributed by atoms with van der Waals surface area (Å²) < 4.78 is 5.58. The molecule has 114 valence electrons. The van der Waals surface area contributed by atoms with Crippen LogP contribution in [0.3, 0.4) is 0 Å². The number of carbonyl (C=O) groups excluding carboxylic acids is 1. The van der Waals surface area contributed by atoms with Crippen molar-refractivity contribution in [2.75, 3.05) is 18.0 Å². The van der Waals surface area contributed by atoms with Crippen LogP contribution in [0.1, 0.15) is 34.3 Å². The van der Waals surface area contributed by atoms with Crippen molar-refractivity contribution in [1.82, 2.24) is 4.98 Å². The molecule has 0 aliphatic carbocycles. The van der Waals surface area contributed by atoms with Crippen LogP contribution in [0.15, 0.2) is 36.5 Å². The second kappa shape index (κ2) is 6.18. The van der Waals surface area contributed by atoms with Crippen molar-refractivity contribution in [2.45, 2.75) is 26.7 Å². The number of benzene rings is 1. The van der Waals surface area contributed by atoms with Gasteiger partial charge in [-0.05, 0) is 50.5 Å². The van der Waals surface area contributed by atoms with E-state index in [0.717, 1.165) is 42.9 Å². The molecule has 0 spiro atoms. The van der Waals surface area contributed by atoms with Gasteiger partial charge in [0, 0.05) is 19.3 Å². The van der Waals surface area contributed by atoms with Gasteiger partial charge in [-0.1, -0.05) is 17.7 Å². The van der Waals surface area contributed by atoms with Crippen LogP contribution < -0.4 is 9.64 Å². The number of rotatable bonds is 3. The second-order valence-electron chi connectivity index (χ2n) is 5.73. The zero-order valence-electron chi connectivity index (χ0n) is 13.0. The fourth-order valence-electron chi connectivity index (χ4n) is 2.81. The van der Waals surface area contributed by atoms with Crippen LogP contribution in [-0.2, 0) is 0 Å². The van der Waals surface area contributed by atoms with Gasteiger partial charge in [-0.15, -0.1) is 0 Å². The molecule has 2 heterocycles. The lowest BCUT2D eigenvalue weighted by Gasteiger charge is -2.19. The smallest absolute Gasteiger partial charge is 0.347 e. The van der Waals surface area contributed by atoms with E-state index in [1.165, 1.54) is 0 Å². The SMILES string of the molecule is Cc1ccc(OC(=O)c2cccnc2N2CCCC2)c(C)c1. The Morgan fingerprint density at radius 1 is 1.18 bits per heavy atom. The molecule has 2 aromatic rings. The minimum Gasteiger partial charge on any atom is -0.423 e. The average Bonchev–Trinajstić information content (AvgIpc) is 3.04. The highest BCUT2D eigenvalue weighted by Crippen LogP contribution is 2.25. The molecule has 1 aliphatic rings. The summed E-state index contributed by atoms with van der Waals surface area (Å²) in [4.78, 5) is 19.1. The van der Waals surface area contributed by atoms with E-state index in [-0.39, 0.29) is 5.97 Å². The van der Waals surface area contributed by atoms with Crippen molar-refractivity contribution < 1.29 is 9.53 Å². The number of nitrogens with zero attached hydrogens (tertiary/aromatic N) is 2. The first-order chi connectivity index (χ1) is 10.6. The molecule has 4 heteroatoms. The summed E-state index contributed by atoms with van der Waals surface area (Å²) in [7, 11) is 0. The molecule has 22 heavy (non-hydrogen) atoms. The van der Waals surface area contributed by atoms with Crippen molar-refractivity contribution in [3.63, 3.8) is 0 Å². The third-order valence-corrected chi connectivity index (χ3v) is 3.95. The van der Waals surface area contributed by atoms with Gasteiger partial charge in [-0.3, -0.25) is 0 Å². The molecule has 1 aromatic carbocycles. The van der Waals surface area contributed by atoms with E-state index in [2.05, 4.69) is 9.88 Å². The molecule has 0 N–H and O–H groups in total. The Labute approximate surface area is 130 Å². The summed E-state index contributed by atoms with van der Waals surface area (Å²) in [5.41, 5.74) is 2.64. The van der Waals surface area contributed by atoms with Crippen LogP contribution >= 0.6 is 0 Å². The molecule has 1 fully saturated rings. The lowest BCUT2D eigenvalue weighted by atomic mass is 10.1. The van der Waals surface area contributed by atoms with Gasteiger partial charge in [0.1, 0.15) is 17.1 Å². The Morgan fingerprint density at radius 3 is 2.68 bits per heavy atom. The number of anilines is 1. The van der Waals surface area contributed by atoms with Gasteiger partial charge in [0.2, 0.25) is 0 Å². The van der Waals surface area contributed by atoms with E-state index in [4.69, 9.17) is 4.74 Å². The molecule has 3 rings (SSSR count). The van der Waals surface area contributed by atoms with Gasteiger partial charge in [0.05, 0.1) is 0 Å². The third kappa shape index (κ3) is 2.96. The van der Waals surface area contributed by atoms with Gasteiger partial charge in [-0.25, -0.2) is 9.78 Å². The molecule has 0 atom stereocenters. The number of carbonyl (C=O) groups is 1. The van der Waals surface area contributed by atoms with Crippen LogP contribution in [0.5, 0.6) is 5.75 Å². The minimum absolute atomic E-state index is 0.345. The average molecular weight is 296 g/mol. The van der Waals surface area contributed by atoms with Gasteiger partial charge >= 0.3 is 5.97 Å². The fourth-order valence-corrected chi connectivity index (χ4v) is 2.81. The number of hydrogen-bond acceptors (Lipinski definition) is 4. The number of hydrogen-bond donors (Lipinski definition) is 0. The van der Waals surface area contributed by atoms with Crippen molar-refractivity contribution in [3.8, 4) is 5.75 Å². The molecular formula is C18H20N2O2. The quantitative estimate of drug-likeness (QED) is 0.642. The lowest BCUT2D eigenvalue weighted by Crippen LogP contribution is -2.23. The van der Waals surface area contributed by atoms with E-state index >= 15 is 0 Å². The maximum Gasteiger partial charge on any atom is 0.347 e. The standard InChI is InChI=1S/C18H20N2O2/c1-13-7-8-16(14(2)12-13)22-18(21)15-6-5-9-19-17(15)20-10-3-4-11-20/h5-9,12H,3-4,10-11H2,1-2H3. The predicted octanol–water partition coefficient (Wildman–Crippen LogP) is 3.52. The third-order valence-electron chi connectivity index (χ3n) is 3.95. The van der Waals surface area contributed by atoms with Crippen molar-refractivity contribution in [1.29, 1.82) is 0 Å². The van der Waals surface area contributed by atoms with Crippen molar-refractivity contribution in [2.24, 2.45) is 0 Å². The van der Waals surface area contributed by atoms with Crippen LogP contribution in [-0.4, -0.2) is 24.0 Å². The summed E-state index contributed by atoms with van der Waals surface area (Å²) in [6.45, 7) is 5.85. The molecule has 4 nitrogen and oxygen atoms in total. The van der Waals surface area contributed by atoms with Crippen LogP contribution in [0.2, 0.25) is 0 Å². The van der Waals surface area contributed by atoms with E-state index in [9.17, 15) is 4.79 Å². The Kier molecular flexibility index (Phi) is 4.09. The summed E-state index contributed by atoms with van der Waals surface area (Å²) in [5.74, 6) is 0.989. The van der Waals surface area contributed by atoms with Crippen molar-refractivity contribution >= 4 is 11.8 Å². The maximum atomic E-state index is 12.5. The Balaban J connectivity index is 1.86. The normalized spacial score (nSPS) is 14.2. The van der Waals surface area contributed by atoms with Crippen molar-refractivity contribution in [3.05, 3.63) is 53.2 Å². The topological polar surface area (TPSA) is 42.4 Å². The summed E-state index contributed by atoms with van der Waals surface area (Å²) in [6, 6.07) is 9.35. The van der Waals surface area contributed by atoms with Gasteiger partial charge in [0.15, 0.2) is 0 Å². The molecule has 1 aromatic heterocycles. The summed E-state index contributed by atoms with van der Waals surface area (Å²) in [5, 5.41) is 0. The largest absolute Gasteiger partial charge is 0.423 e. The number of ether oxygens (including phenoxy) is 1. The first-order valence-electron chi connectivity index (χ1n) is 7.64. The minimum atomic E-state index is -0.345. The molecule has 0 unspecified atom stereocenters. The number of pyridine rings is 1. The van der Waals surface area contributed by atoms with Crippen LogP contribution in [0.25, 0.3) is 0 Å². The maximum absolute atomic E-state index is 12.5. The first kappa shape index (κ1) is 14.6. The first-order valence-corrected chi connectivity index (χ1v) is 7.64. The highest BCUT2D eigenvalue weighted by molar-refractivity contribution is 5.96. The number of aryl methyl sites for hydroxylation is 2. The molecular weight excluding hydrogens is 276 g/mol. The molecule has 1 aliphatic heterocycles. The number of esters is 1. The van der Waals surface area contributed by atoms with E-state index in [0.29, 0.717) is 11.3 Å². The zero-order valence-corrected chi connectivity index (χ0v) is 13.0.